The summed E-state index contributed by atoms with van der Waals surface area (Å²) >= 11 is 0. The maximum Gasteiger partial charge on any atom is 0.112 e. The lowest BCUT2D eigenvalue weighted by molar-refractivity contribution is -0.320. The maximum atomic E-state index is 9.65. The van der Waals surface area contributed by atoms with Gasteiger partial charge in [-0.15, -0.1) is 0 Å². The van der Waals surface area contributed by atoms with Crippen LogP contribution >= 0.6 is 0 Å². The first-order valence-corrected chi connectivity index (χ1v) is 2.89. The van der Waals surface area contributed by atoms with E-state index in [1.54, 1.807) is 19.1 Å². The van der Waals surface area contributed by atoms with Gasteiger partial charge in [0.2, 0.25) is 0 Å². The lowest BCUT2D eigenvalue weighted by Crippen LogP contribution is -1.97. The highest BCUT2D eigenvalue weighted by Crippen LogP contribution is 1.89. The molecule has 51 valence electrons. The van der Waals surface area contributed by atoms with Crippen LogP contribution < -0.4 is 0 Å². The van der Waals surface area contributed by atoms with Gasteiger partial charge in [-0.05, 0) is 19.1 Å². The Bertz CT molecular complexity index is 105. The van der Waals surface area contributed by atoms with Gasteiger partial charge in [-0.25, -0.2) is 0 Å². The molecule has 0 saturated heterocycles. The van der Waals surface area contributed by atoms with Gasteiger partial charge in [-0.2, -0.15) is 4.89 Å². The van der Waals surface area contributed by atoms with Crippen LogP contribution in [0.4, 0.5) is 0 Å². The van der Waals surface area contributed by atoms with Crippen LogP contribution in [0.25, 0.3) is 0 Å². The Morgan fingerprint density at radius 1 is 1.44 bits per heavy atom. The highest BCUT2D eigenvalue weighted by Gasteiger charge is 1.90. The molecule has 0 aliphatic rings. The lowest BCUT2D eigenvalue weighted by Gasteiger charge is -1.93. The van der Waals surface area contributed by atoms with E-state index in [1.165, 1.54) is 0 Å². The molecule has 0 aliphatic carbocycles. The number of hydrogen-bond donors (Lipinski definition) is 0. The Kier molecular flexibility index (Phi) is 5.17. The van der Waals surface area contributed by atoms with E-state index in [0.717, 1.165) is 0 Å². The molecule has 1 radical (unpaired) electrons. The second kappa shape index (κ2) is 5.54. The van der Waals surface area contributed by atoms with Gasteiger partial charge in [0.05, 0.1) is 0 Å². The Morgan fingerprint density at radius 3 is 2.56 bits per heavy atom. The number of rotatable bonds is 3. The first-order valence-electron chi connectivity index (χ1n) is 2.89. The van der Waals surface area contributed by atoms with Crippen molar-refractivity contribution in [3.8, 4) is 0 Å². The average Bonchev–Trinajstić information content (AvgIpc) is 1.89. The summed E-state index contributed by atoms with van der Waals surface area (Å²) in [5, 5.41) is 9.65. The molecule has 0 amide bonds. The monoisotopic (exact) mass is 127 g/mol. The maximum absolute atomic E-state index is 9.65. The van der Waals surface area contributed by atoms with Crippen molar-refractivity contribution in [1.29, 1.82) is 0 Å². The molecule has 9 heavy (non-hydrogen) atoms. The third kappa shape index (κ3) is 5.27. The van der Waals surface area contributed by atoms with Crippen LogP contribution in [-0.4, -0.2) is 6.10 Å². The zero-order chi connectivity index (χ0) is 7.11. The number of hydrogen-bond acceptors (Lipinski definition) is 1. The van der Waals surface area contributed by atoms with Crippen molar-refractivity contribution in [3.05, 3.63) is 24.3 Å². The van der Waals surface area contributed by atoms with Crippen molar-refractivity contribution >= 4 is 0 Å². The summed E-state index contributed by atoms with van der Waals surface area (Å²) in [7, 11) is 0. The van der Waals surface area contributed by atoms with E-state index in [2.05, 4.69) is 4.89 Å². The van der Waals surface area contributed by atoms with E-state index < -0.39 is 0 Å². The molecular weight excluding hydrogens is 116 g/mol. The molecule has 0 fully saturated rings. The second-order valence-corrected chi connectivity index (χ2v) is 1.71. The molecule has 0 aromatic carbocycles. The van der Waals surface area contributed by atoms with Crippen LogP contribution in [0, 0.1) is 0 Å². The van der Waals surface area contributed by atoms with E-state index in [-0.39, 0.29) is 6.10 Å². The summed E-state index contributed by atoms with van der Waals surface area (Å²) in [5.74, 6) is 0. The molecule has 1 unspecified atom stereocenters. The van der Waals surface area contributed by atoms with Gasteiger partial charge in [0.15, 0.2) is 0 Å². The summed E-state index contributed by atoms with van der Waals surface area (Å²) < 4.78 is 0. The topological polar surface area (TPSA) is 29.1 Å². The average molecular weight is 127 g/mol. The molecular formula is C7H11O2. The standard InChI is InChI=1S/C7H11O2/c1-3-4-5-6-7(2)9-8/h3-7H,1-2H3/b4-3+,6-5+. The van der Waals surface area contributed by atoms with Gasteiger partial charge < -0.3 is 0 Å². The fraction of sp³-hybridized carbons (Fsp3) is 0.429. The van der Waals surface area contributed by atoms with E-state index in [0.29, 0.717) is 0 Å². The Hall–Kier alpha value is -0.600. The molecule has 1 atom stereocenters. The SMILES string of the molecule is C/C=C/C=C/C(C)O[O]. The molecule has 0 aromatic rings. The molecule has 0 aliphatic heterocycles. The largest absolute Gasteiger partial charge is 0.197 e. The quantitative estimate of drug-likeness (QED) is 0.323. The van der Waals surface area contributed by atoms with Crippen LogP contribution in [0.2, 0.25) is 0 Å². The second-order valence-electron chi connectivity index (χ2n) is 1.71. The van der Waals surface area contributed by atoms with Gasteiger partial charge >= 0.3 is 0 Å². The summed E-state index contributed by atoms with van der Waals surface area (Å²) in [6, 6.07) is 0. The first-order chi connectivity index (χ1) is 4.31. The van der Waals surface area contributed by atoms with Crippen LogP contribution in [0.15, 0.2) is 24.3 Å². The smallest absolute Gasteiger partial charge is 0.112 e. The van der Waals surface area contributed by atoms with Crippen molar-refractivity contribution in [1.82, 2.24) is 0 Å². The minimum absolute atomic E-state index is 0.332. The molecule has 0 spiro atoms. The van der Waals surface area contributed by atoms with Crippen molar-refractivity contribution < 1.29 is 10.1 Å². The van der Waals surface area contributed by atoms with Gasteiger partial charge in [-0.3, -0.25) is 0 Å². The van der Waals surface area contributed by atoms with Crippen LogP contribution in [0.1, 0.15) is 13.8 Å². The van der Waals surface area contributed by atoms with Gasteiger partial charge in [0, 0.05) is 0 Å². The van der Waals surface area contributed by atoms with Crippen molar-refractivity contribution in [3.63, 3.8) is 0 Å². The first kappa shape index (κ1) is 8.40. The third-order valence-corrected chi connectivity index (χ3v) is 0.837. The van der Waals surface area contributed by atoms with E-state index >= 15 is 0 Å². The molecule has 0 rings (SSSR count). The molecule has 0 saturated carbocycles. The normalized spacial score (nSPS) is 15.4. The van der Waals surface area contributed by atoms with E-state index in [1.807, 2.05) is 19.1 Å². The Labute approximate surface area is 55.4 Å². The highest BCUT2D eigenvalue weighted by atomic mass is 17.1. The molecule has 0 N–H and O–H groups in total. The predicted octanol–water partition coefficient (Wildman–Crippen LogP) is 1.87. The summed E-state index contributed by atoms with van der Waals surface area (Å²) in [6.07, 6.45) is 6.86. The zero-order valence-corrected chi connectivity index (χ0v) is 5.70. The fourth-order valence-electron chi connectivity index (χ4n) is 0.364. The minimum Gasteiger partial charge on any atom is -0.197 e. The van der Waals surface area contributed by atoms with Crippen LogP contribution in [0.5, 0.6) is 0 Å². The minimum atomic E-state index is -0.332. The van der Waals surface area contributed by atoms with Crippen molar-refractivity contribution in [2.24, 2.45) is 0 Å². The van der Waals surface area contributed by atoms with Crippen molar-refractivity contribution in [2.45, 2.75) is 20.0 Å². The van der Waals surface area contributed by atoms with Crippen molar-refractivity contribution in [2.75, 3.05) is 0 Å². The Morgan fingerprint density at radius 2 is 2.11 bits per heavy atom. The molecule has 0 heterocycles. The van der Waals surface area contributed by atoms with Gasteiger partial charge in [0.25, 0.3) is 0 Å². The summed E-state index contributed by atoms with van der Waals surface area (Å²) in [6.45, 7) is 3.60. The third-order valence-electron chi connectivity index (χ3n) is 0.837. The fourth-order valence-corrected chi connectivity index (χ4v) is 0.364. The molecule has 2 nitrogen and oxygen atoms in total. The molecule has 0 aromatic heterocycles. The zero-order valence-electron chi connectivity index (χ0n) is 5.70. The highest BCUT2D eigenvalue weighted by molar-refractivity contribution is 5.02. The van der Waals surface area contributed by atoms with Gasteiger partial charge in [0.1, 0.15) is 6.10 Å². The number of allylic oxidation sites excluding steroid dienone is 3. The van der Waals surface area contributed by atoms with Crippen LogP contribution in [-0.2, 0) is 10.1 Å². The van der Waals surface area contributed by atoms with E-state index in [9.17, 15) is 5.26 Å². The summed E-state index contributed by atoms with van der Waals surface area (Å²) in [4.78, 5) is 3.73. The Balaban J connectivity index is 3.43. The molecule has 0 bridgehead atoms. The lowest BCUT2D eigenvalue weighted by atomic mass is 10.3. The van der Waals surface area contributed by atoms with E-state index in [4.69, 9.17) is 0 Å². The summed E-state index contributed by atoms with van der Waals surface area (Å²) in [5.41, 5.74) is 0. The van der Waals surface area contributed by atoms with Gasteiger partial charge in [-0.1, -0.05) is 24.3 Å². The predicted molar refractivity (Wildman–Crippen MR) is 35.2 cm³/mol. The molecule has 2 heteroatoms. The van der Waals surface area contributed by atoms with Crippen LogP contribution in [0.3, 0.4) is 0 Å².